The van der Waals surface area contributed by atoms with Crippen LogP contribution in [0.2, 0.25) is 0 Å². The fourth-order valence-corrected chi connectivity index (χ4v) is 0.854. The number of hydrogen-bond donors (Lipinski definition) is 2. The van der Waals surface area contributed by atoms with Gasteiger partial charge in [0.2, 0.25) is 0 Å². The third-order valence-electron chi connectivity index (χ3n) is 1.54. The smallest absolute Gasteiger partial charge is 0.265 e. The Balaban J connectivity index is 2.91. The molecule has 0 bridgehead atoms. The van der Waals surface area contributed by atoms with Crippen molar-refractivity contribution in [1.29, 1.82) is 0 Å². The molecule has 3 heteroatoms. The summed E-state index contributed by atoms with van der Waals surface area (Å²) in [5, 5.41) is 0. The van der Waals surface area contributed by atoms with Crippen molar-refractivity contribution in [2.24, 2.45) is 5.84 Å². The number of hydrogen-bond acceptors (Lipinski definition) is 2. The number of benzene rings is 1. The number of hydrazine groups is 1. The summed E-state index contributed by atoms with van der Waals surface area (Å²) in [6, 6.07) is 6.99. The molecule has 0 aromatic heterocycles. The van der Waals surface area contributed by atoms with Gasteiger partial charge in [-0.3, -0.25) is 10.2 Å². The van der Waals surface area contributed by atoms with Gasteiger partial charge in [-0.05, 0) is 17.7 Å². The molecule has 0 heterocycles. The van der Waals surface area contributed by atoms with Gasteiger partial charge in [0.25, 0.3) is 5.91 Å². The number of amides is 1. The average Bonchev–Trinajstić information content (AvgIpc) is 2.17. The van der Waals surface area contributed by atoms with Gasteiger partial charge in [-0.25, -0.2) is 5.84 Å². The van der Waals surface area contributed by atoms with E-state index in [4.69, 9.17) is 5.84 Å². The van der Waals surface area contributed by atoms with E-state index in [1.165, 1.54) is 0 Å². The average molecular weight is 162 g/mol. The van der Waals surface area contributed by atoms with Gasteiger partial charge in [0.15, 0.2) is 0 Å². The maximum Gasteiger partial charge on any atom is 0.265 e. The van der Waals surface area contributed by atoms with Gasteiger partial charge < -0.3 is 0 Å². The lowest BCUT2D eigenvalue weighted by atomic mass is 10.1. The molecule has 0 radical (unpaired) electrons. The van der Waals surface area contributed by atoms with Crippen LogP contribution in [0.3, 0.4) is 0 Å². The molecule has 12 heavy (non-hydrogen) atoms. The Morgan fingerprint density at radius 1 is 1.42 bits per heavy atom. The second-order valence-corrected chi connectivity index (χ2v) is 2.30. The van der Waals surface area contributed by atoms with Crippen LogP contribution in [-0.4, -0.2) is 5.91 Å². The molecule has 0 aliphatic carbocycles. The van der Waals surface area contributed by atoms with Crippen molar-refractivity contribution >= 4 is 12.0 Å². The zero-order valence-electron chi connectivity index (χ0n) is 6.58. The molecule has 0 saturated carbocycles. The van der Waals surface area contributed by atoms with Gasteiger partial charge in [0.1, 0.15) is 0 Å². The second kappa shape index (κ2) is 3.69. The van der Waals surface area contributed by atoms with Crippen LogP contribution in [0.5, 0.6) is 0 Å². The summed E-state index contributed by atoms with van der Waals surface area (Å²) in [7, 11) is 0. The van der Waals surface area contributed by atoms with Gasteiger partial charge in [-0.1, -0.05) is 24.8 Å². The molecule has 0 fully saturated rings. The van der Waals surface area contributed by atoms with Gasteiger partial charge in [0, 0.05) is 5.56 Å². The molecular formula is C9H10N2O. The SMILES string of the molecule is C=Cc1ccc(C(=O)NN)cc1. The molecule has 0 saturated heterocycles. The number of rotatable bonds is 2. The Labute approximate surface area is 70.9 Å². The first-order chi connectivity index (χ1) is 5.77. The highest BCUT2D eigenvalue weighted by molar-refractivity contribution is 5.93. The summed E-state index contributed by atoms with van der Waals surface area (Å²) < 4.78 is 0. The fourth-order valence-electron chi connectivity index (χ4n) is 0.854. The number of nitrogen functional groups attached to an aromatic ring is 1. The zero-order valence-corrected chi connectivity index (χ0v) is 6.58. The minimum atomic E-state index is -0.286. The van der Waals surface area contributed by atoms with Crippen LogP contribution in [0, 0.1) is 0 Å². The first kappa shape index (κ1) is 8.49. The van der Waals surface area contributed by atoms with Crippen molar-refractivity contribution in [2.75, 3.05) is 0 Å². The summed E-state index contributed by atoms with van der Waals surface area (Å²) in [5.74, 6) is 4.67. The summed E-state index contributed by atoms with van der Waals surface area (Å²) in [6.45, 7) is 3.60. The third-order valence-corrected chi connectivity index (χ3v) is 1.54. The van der Waals surface area contributed by atoms with Crippen molar-refractivity contribution in [3.05, 3.63) is 42.0 Å². The maximum atomic E-state index is 11.0. The molecule has 0 spiro atoms. The highest BCUT2D eigenvalue weighted by atomic mass is 16.2. The Morgan fingerprint density at radius 2 is 2.00 bits per heavy atom. The molecule has 1 aromatic carbocycles. The van der Waals surface area contributed by atoms with Gasteiger partial charge in [-0.15, -0.1) is 0 Å². The van der Waals surface area contributed by atoms with E-state index >= 15 is 0 Å². The van der Waals surface area contributed by atoms with Gasteiger partial charge in [0.05, 0.1) is 0 Å². The van der Waals surface area contributed by atoms with Gasteiger partial charge in [-0.2, -0.15) is 0 Å². The van der Waals surface area contributed by atoms with Crippen molar-refractivity contribution in [2.45, 2.75) is 0 Å². The Morgan fingerprint density at radius 3 is 2.42 bits per heavy atom. The van der Waals surface area contributed by atoms with Crippen LogP contribution in [-0.2, 0) is 0 Å². The Kier molecular flexibility index (Phi) is 2.61. The van der Waals surface area contributed by atoms with Crippen molar-refractivity contribution in [3.8, 4) is 0 Å². The number of carbonyl (C=O) groups is 1. The molecule has 0 unspecified atom stereocenters. The number of carbonyl (C=O) groups excluding carboxylic acids is 1. The second-order valence-electron chi connectivity index (χ2n) is 2.30. The van der Waals surface area contributed by atoms with E-state index < -0.39 is 0 Å². The summed E-state index contributed by atoms with van der Waals surface area (Å²) in [5.41, 5.74) is 3.57. The molecule has 62 valence electrons. The summed E-state index contributed by atoms with van der Waals surface area (Å²) in [6.07, 6.45) is 1.71. The van der Waals surface area contributed by atoms with E-state index in [-0.39, 0.29) is 5.91 Å². The van der Waals surface area contributed by atoms with Crippen LogP contribution in [0.1, 0.15) is 15.9 Å². The van der Waals surface area contributed by atoms with E-state index in [0.717, 1.165) is 5.56 Å². The van der Waals surface area contributed by atoms with Crippen LogP contribution in [0.25, 0.3) is 6.08 Å². The highest BCUT2D eigenvalue weighted by Crippen LogP contribution is 2.04. The van der Waals surface area contributed by atoms with Crippen LogP contribution >= 0.6 is 0 Å². The Hall–Kier alpha value is -1.61. The summed E-state index contributed by atoms with van der Waals surface area (Å²) >= 11 is 0. The minimum absolute atomic E-state index is 0.286. The highest BCUT2D eigenvalue weighted by Gasteiger charge is 2.00. The molecule has 3 nitrogen and oxygen atoms in total. The fraction of sp³-hybridized carbons (Fsp3) is 0. The molecule has 0 aliphatic rings. The quantitative estimate of drug-likeness (QED) is 0.386. The van der Waals surface area contributed by atoms with Crippen molar-refractivity contribution < 1.29 is 4.79 Å². The van der Waals surface area contributed by atoms with E-state index in [0.29, 0.717) is 5.56 Å². The van der Waals surface area contributed by atoms with E-state index in [1.54, 1.807) is 30.3 Å². The first-order valence-corrected chi connectivity index (χ1v) is 3.51. The lowest BCUT2D eigenvalue weighted by Crippen LogP contribution is -2.29. The third kappa shape index (κ3) is 1.71. The summed E-state index contributed by atoms with van der Waals surface area (Å²) in [4.78, 5) is 11.0. The standard InChI is InChI=1S/C9H10N2O/c1-2-7-3-5-8(6-4-7)9(12)11-10/h2-6H,1,10H2,(H,11,12). The largest absolute Gasteiger partial charge is 0.290 e. The van der Waals surface area contributed by atoms with Crippen LogP contribution in [0.4, 0.5) is 0 Å². The topological polar surface area (TPSA) is 55.1 Å². The lowest BCUT2D eigenvalue weighted by molar-refractivity contribution is 0.0953. The molecule has 1 rings (SSSR count). The minimum Gasteiger partial charge on any atom is -0.290 e. The van der Waals surface area contributed by atoms with E-state index in [2.05, 4.69) is 12.0 Å². The molecule has 1 amide bonds. The molecular weight excluding hydrogens is 152 g/mol. The molecule has 0 aliphatic heterocycles. The Bertz CT molecular complexity index is 290. The number of nitrogens with one attached hydrogen (secondary N) is 1. The van der Waals surface area contributed by atoms with E-state index in [1.807, 2.05) is 0 Å². The normalized spacial score (nSPS) is 9.08. The first-order valence-electron chi connectivity index (χ1n) is 3.51. The lowest BCUT2D eigenvalue weighted by Gasteiger charge is -1.98. The number of nitrogens with two attached hydrogens (primary N) is 1. The molecule has 1 aromatic rings. The van der Waals surface area contributed by atoms with Crippen molar-refractivity contribution in [1.82, 2.24) is 5.43 Å². The zero-order chi connectivity index (χ0) is 8.97. The van der Waals surface area contributed by atoms with E-state index in [9.17, 15) is 4.79 Å². The monoisotopic (exact) mass is 162 g/mol. The predicted octanol–water partition coefficient (Wildman–Crippen LogP) is 0.933. The van der Waals surface area contributed by atoms with Crippen LogP contribution in [0.15, 0.2) is 30.8 Å². The molecule has 3 N–H and O–H groups in total. The van der Waals surface area contributed by atoms with Crippen molar-refractivity contribution in [3.63, 3.8) is 0 Å². The van der Waals surface area contributed by atoms with Crippen LogP contribution < -0.4 is 11.3 Å². The predicted molar refractivity (Wildman–Crippen MR) is 48.2 cm³/mol. The maximum absolute atomic E-state index is 11.0. The molecule has 0 atom stereocenters. The van der Waals surface area contributed by atoms with Gasteiger partial charge >= 0.3 is 0 Å².